The van der Waals surface area contributed by atoms with E-state index in [9.17, 15) is 8.78 Å². The third-order valence-electron chi connectivity index (χ3n) is 3.34. The van der Waals surface area contributed by atoms with Crippen LogP contribution in [-0.2, 0) is 6.42 Å². The Morgan fingerprint density at radius 1 is 1.11 bits per heavy atom. The van der Waals surface area contributed by atoms with Crippen LogP contribution in [0.5, 0.6) is 0 Å². The van der Waals surface area contributed by atoms with Crippen molar-refractivity contribution in [1.29, 1.82) is 0 Å². The number of halogens is 2. The van der Waals surface area contributed by atoms with Crippen LogP contribution in [0.1, 0.15) is 29.2 Å². The molecule has 0 aliphatic rings. The molecule has 100 valence electrons. The van der Waals surface area contributed by atoms with Crippen LogP contribution in [0.25, 0.3) is 0 Å². The third kappa shape index (κ3) is 3.38. The number of benzene rings is 2. The molecule has 2 aromatic carbocycles. The van der Waals surface area contributed by atoms with Gasteiger partial charge in [0.1, 0.15) is 11.6 Å². The predicted octanol–water partition coefficient (Wildman–Crippen LogP) is 3.91. The monoisotopic (exact) mass is 261 g/mol. The lowest BCUT2D eigenvalue weighted by Gasteiger charge is -2.14. The number of rotatable bonds is 4. The molecule has 3 heteroatoms. The molecule has 0 aliphatic carbocycles. The van der Waals surface area contributed by atoms with E-state index in [1.807, 2.05) is 31.2 Å². The first-order valence-corrected chi connectivity index (χ1v) is 6.33. The maximum Gasteiger partial charge on any atom is 0.128 e. The smallest absolute Gasteiger partial charge is 0.128 e. The Morgan fingerprint density at radius 3 is 2.58 bits per heavy atom. The van der Waals surface area contributed by atoms with Gasteiger partial charge in [-0.2, -0.15) is 0 Å². The second kappa shape index (κ2) is 5.93. The first-order chi connectivity index (χ1) is 9.08. The fraction of sp³-hybridized carbons (Fsp3) is 0.250. The van der Waals surface area contributed by atoms with E-state index in [2.05, 4.69) is 0 Å². The van der Waals surface area contributed by atoms with Gasteiger partial charge in [0.05, 0.1) is 0 Å². The Labute approximate surface area is 112 Å². The zero-order chi connectivity index (χ0) is 13.8. The Balaban J connectivity index is 2.07. The number of nitrogens with two attached hydrogens (primary N) is 1. The Kier molecular flexibility index (Phi) is 4.27. The number of aryl methyl sites for hydroxylation is 2. The normalized spacial score (nSPS) is 12.4. The van der Waals surface area contributed by atoms with Gasteiger partial charge < -0.3 is 5.73 Å². The maximum absolute atomic E-state index is 13.6. The van der Waals surface area contributed by atoms with Gasteiger partial charge in [-0.1, -0.05) is 24.3 Å². The van der Waals surface area contributed by atoms with E-state index in [1.165, 1.54) is 17.2 Å². The SMILES string of the molecule is Cc1ccccc1CCC(N)c1cc(F)ccc1F. The van der Waals surface area contributed by atoms with Gasteiger partial charge in [-0.05, 0) is 49.1 Å². The maximum atomic E-state index is 13.6. The van der Waals surface area contributed by atoms with Gasteiger partial charge >= 0.3 is 0 Å². The molecule has 0 fully saturated rings. The van der Waals surface area contributed by atoms with Crippen LogP contribution in [0, 0.1) is 18.6 Å². The van der Waals surface area contributed by atoms with Crippen molar-refractivity contribution in [3.8, 4) is 0 Å². The minimum atomic E-state index is -0.490. The molecular weight excluding hydrogens is 244 g/mol. The van der Waals surface area contributed by atoms with Crippen molar-refractivity contribution in [1.82, 2.24) is 0 Å². The van der Waals surface area contributed by atoms with Gasteiger partial charge in [-0.15, -0.1) is 0 Å². The summed E-state index contributed by atoms with van der Waals surface area (Å²) in [6, 6.07) is 10.9. The van der Waals surface area contributed by atoms with Crippen LogP contribution < -0.4 is 5.73 Å². The van der Waals surface area contributed by atoms with Crippen LogP contribution in [0.2, 0.25) is 0 Å². The largest absolute Gasteiger partial charge is 0.324 e. The lowest BCUT2D eigenvalue weighted by molar-refractivity contribution is 0.548. The van der Waals surface area contributed by atoms with Crippen LogP contribution in [0.3, 0.4) is 0 Å². The minimum absolute atomic E-state index is 0.244. The fourth-order valence-electron chi connectivity index (χ4n) is 2.16. The first kappa shape index (κ1) is 13.7. The zero-order valence-corrected chi connectivity index (χ0v) is 10.9. The summed E-state index contributed by atoms with van der Waals surface area (Å²) in [6.07, 6.45) is 1.34. The van der Waals surface area contributed by atoms with Gasteiger partial charge in [0.2, 0.25) is 0 Å². The highest BCUT2D eigenvalue weighted by atomic mass is 19.1. The fourth-order valence-corrected chi connectivity index (χ4v) is 2.16. The topological polar surface area (TPSA) is 26.0 Å². The molecule has 0 radical (unpaired) electrons. The molecule has 1 unspecified atom stereocenters. The highest BCUT2D eigenvalue weighted by Gasteiger charge is 2.13. The van der Waals surface area contributed by atoms with Crippen LogP contribution >= 0.6 is 0 Å². The Hall–Kier alpha value is -1.74. The minimum Gasteiger partial charge on any atom is -0.324 e. The van der Waals surface area contributed by atoms with Crippen LogP contribution in [-0.4, -0.2) is 0 Å². The van der Waals surface area contributed by atoms with Crippen molar-refractivity contribution < 1.29 is 8.78 Å². The van der Waals surface area contributed by atoms with Gasteiger partial charge in [0.15, 0.2) is 0 Å². The van der Waals surface area contributed by atoms with Crippen molar-refractivity contribution in [2.45, 2.75) is 25.8 Å². The van der Waals surface area contributed by atoms with E-state index in [-0.39, 0.29) is 5.56 Å². The lowest BCUT2D eigenvalue weighted by Crippen LogP contribution is -2.13. The third-order valence-corrected chi connectivity index (χ3v) is 3.34. The van der Waals surface area contributed by atoms with E-state index < -0.39 is 17.7 Å². The second-order valence-corrected chi connectivity index (χ2v) is 4.74. The molecule has 0 spiro atoms. The summed E-state index contributed by atoms with van der Waals surface area (Å²) in [5.74, 6) is -0.901. The van der Waals surface area contributed by atoms with Gasteiger partial charge in [0, 0.05) is 11.6 Å². The highest BCUT2D eigenvalue weighted by molar-refractivity contribution is 5.27. The average Bonchev–Trinajstić information content (AvgIpc) is 2.40. The molecule has 0 aromatic heterocycles. The highest BCUT2D eigenvalue weighted by Crippen LogP contribution is 2.21. The van der Waals surface area contributed by atoms with E-state index in [4.69, 9.17) is 5.73 Å². The first-order valence-electron chi connectivity index (χ1n) is 6.33. The molecule has 0 bridgehead atoms. The summed E-state index contributed by atoms with van der Waals surface area (Å²) in [7, 11) is 0. The molecular formula is C16H17F2N. The molecule has 0 amide bonds. The summed E-state index contributed by atoms with van der Waals surface area (Å²) in [5.41, 5.74) is 8.58. The molecule has 2 rings (SSSR count). The van der Waals surface area contributed by atoms with Gasteiger partial charge in [-0.3, -0.25) is 0 Å². The number of hydrogen-bond acceptors (Lipinski definition) is 1. The van der Waals surface area contributed by atoms with Crippen molar-refractivity contribution in [3.63, 3.8) is 0 Å². The Morgan fingerprint density at radius 2 is 1.84 bits per heavy atom. The quantitative estimate of drug-likeness (QED) is 0.887. The van der Waals surface area contributed by atoms with Crippen molar-refractivity contribution in [2.75, 3.05) is 0 Å². The average molecular weight is 261 g/mol. The summed E-state index contributed by atoms with van der Waals surface area (Å²) in [4.78, 5) is 0. The van der Waals surface area contributed by atoms with Crippen LogP contribution in [0.4, 0.5) is 8.78 Å². The standard InChI is InChI=1S/C16H17F2N/c1-11-4-2-3-5-12(11)6-9-16(19)14-10-13(17)7-8-15(14)18/h2-5,7-8,10,16H,6,9,19H2,1H3. The molecule has 2 N–H and O–H groups in total. The molecule has 0 aliphatic heterocycles. The predicted molar refractivity (Wildman–Crippen MR) is 72.8 cm³/mol. The van der Waals surface area contributed by atoms with Gasteiger partial charge in [0.25, 0.3) is 0 Å². The molecule has 1 atom stereocenters. The van der Waals surface area contributed by atoms with Crippen molar-refractivity contribution >= 4 is 0 Å². The van der Waals surface area contributed by atoms with Crippen molar-refractivity contribution in [2.24, 2.45) is 5.73 Å². The van der Waals surface area contributed by atoms with Crippen molar-refractivity contribution in [3.05, 3.63) is 70.8 Å². The summed E-state index contributed by atoms with van der Waals surface area (Å²) < 4.78 is 26.7. The lowest BCUT2D eigenvalue weighted by atomic mass is 9.97. The summed E-state index contributed by atoms with van der Waals surface area (Å²) in [5, 5.41) is 0. The molecule has 0 heterocycles. The molecule has 0 saturated carbocycles. The van der Waals surface area contributed by atoms with Gasteiger partial charge in [-0.25, -0.2) is 8.78 Å². The summed E-state index contributed by atoms with van der Waals surface area (Å²) >= 11 is 0. The second-order valence-electron chi connectivity index (χ2n) is 4.74. The van der Waals surface area contributed by atoms with E-state index in [0.29, 0.717) is 6.42 Å². The molecule has 2 aromatic rings. The zero-order valence-electron chi connectivity index (χ0n) is 10.9. The van der Waals surface area contributed by atoms with E-state index in [1.54, 1.807) is 0 Å². The van der Waals surface area contributed by atoms with Crippen LogP contribution in [0.15, 0.2) is 42.5 Å². The number of hydrogen-bond donors (Lipinski definition) is 1. The molecule has 0 saturated heterocycles. The summed E-state index contributed by atoms with van der Waals surface area (Å²) in [6.45, 7) is 2.03. The molecule has 1 nitrogen and oxygen atoms in total. The molecule has 19 heavy (non-hydrogen) atoms. The van der Waals surface area contributed by atoms with E-state index >= 15 is 0 Å². The van der Waals surface area contributed by atoms with E-state index in [0.717, 1.165) is 18.6 Å². The Bertz CT molecular complexity index is 566.